The van der Waals surface area contributed by atoms with Crippen LogP contribution in [0.4, 0.5) is 5.69 Å². The lowest BCUT2D eigenvalue weighted by atomic mass is 10.1. The number of allylic oxidation sites excluding steroid dienone is 1. The highest BCUT2D eigenvalue weighted by Crippen LogP contribution is 2.23. The predicted octanol–water partition coefficient (Wildman–Crippen LogP) is 3.79. The van der Waals surface area contributed by atoms with E-state index in [-0.39, 0.29) is 27.6 Å². The van der Waals surface area contributed by atoms with Crippen molar-refractivity contribution in [3.63, 3.8) is 0 Å². The quantitative estimate of drug-likeness (QED) is 0.435. The number of hydrogen-bond donors (Lipinski definition) is 3. The van der Waals surface area contributed by atoms with Crippen LogP contribution in [0.1, 0.15) is 15.9 Å². The summed E-state index contributed by atoms with van der Waals surface area (Å²) in [4.78, 5) is 12.5. The highest BCUT2D eigenvalue weighted by atomic mass is 32.2. The number of rotatable bonds is 6. The topological polar surface area (TPSA) is 104 Å². The number of sulfonamides is 1. The van der Waals surface area contributed by atoms with Crippen molar-refractivity contribution in [1.29, 1.82) is 0 Å². The van der Waals surface area contributed by atoms with Crippen LogP contribution in [0.15, 0.2) is 83.8 Å². The van der Waals surface area contributed by atoms with Gasteiger partial charge in [-0.15, -0.1) is 0 Å². The van der Waals surface area contributed by atoms with Gasteiger partial charge < -0.3 is 10.2 Å². The average Bonchev–Trinajstić information content (AvgIpc) is 2.67. The van der Waals surface area contributed by atoms with Gasteiger partial charge in [0.25, 0.3) is 10.0 Å². The van der Waals surface area contributed by atoms with Crippen molar-refractivity contribution in [1.82, 2.24) is 0 Å². The van der Waals surface area contributed by atoms with Gasteiger partial charge in [0.15, 0.2) is 5.78 Å². The van der Waals surface area contributed by atoms with Crippen molar-refractivity contribution in [3.05, 3.63) is 90.0 Å². The number of phenols is 2. The molecule has 3 rings (SSSR count). The second kappa shape index (κ2) is 7.98. The van der Waals surface area contributed by atoms with Crippen LogP contribution >= 0.6 is 0 Å². The minimum Gasteiger partial charge on any atom is -0.508 e. The Hall–Kier alpha value is -3.58. The maximum Gasteiger partial charge on any atom is 0.261 e. The number of ketones is 1. The molecule has 7 heteroatoms. The third kappa shape index (κ3) is 4.39. The zero-order chi connectivity index (χ0) is 20.1. The fourth-order valence-electron chi connectivity index (χ4n) is 2.50. The van der Waals surface area contributed by atoms with Crippen LogP contribution in [-0.2, 0) is 10.0 Å². The zero-order valence-corrected chi connectivity index (χ0v) is 15.4. The SMILES string of the molecule is O=C(/C=C/c1ccccc1O)c1ccccc1NS(=O)(=O)c1ccc(O)cc1. The van der Waals surface area contributed by atoms with E-state index in [1.807, 2.05) is 0 Å². The Morgan fingerprint density at radius 1 is 0.857 bits per heavy atom. The van der Waals surface area contributed by atoms with E-state index < -0.39 is 15.8 Å². The van der Waals surface area contributed by atoms with Gasteiger partial charge in [-0.2, -0.15) is 0 Å². The molecule has 0 aliphatic heterocycles. The number of carbonyl (C=O) groups excluding carboxylic acids is 1. The Morgan fingerprint density at radius 2 is 1.50 bits per heavy atom. The molecule has 0 bridgehead atoms. The molecule has 3 N–H and O–H groups in total. The minimum atomic E-state index is -3.94. The molecule has 0 aliphatic rings. The second-order valence-electron chi connectivity index (χ2n) is 5.90. The molecule has 0 spiro atoms. The van der Waals surface area contributed by atoms with Crippen molar-refractivity contribution in [3.8, 4) is 11.5 Å². The Morgan fingerprint density at radius 3 is 2.21 bits per heavy atom. The van der Waals surface area contributed by atoms with E-state index in [9.17, 15) is 23.4 Å². The third-order valence-electron chi connectivity index (χ3n) is 3.93. The number of nitrogens with one attached hydrogen (secondary N) is 1. The van der Waals surface area contributed by atoms with Gasteiger partial charge in [0, 0.05) is 11.1 Å². The van der Waals surface area contributed by atoms with Crippen LogP contribution in [0.5, 0.6) is 11.5 Å². The number of anilines is 1. The maximum absolute atomic E-state index is 12.6. The van der Waals surface area contributed by atoms with Crippen molar-refractivity contribution in [2.45, 2.75) is 4.90 Å². The van der Waals surface area contributed by atoms with Crippen LogP contribution in [0.2, 0.25) is 0 Å². The lowest BCUT2D eigenvalue weighted by Crippen LogP contribution is -2.15. The minimum absolute atomic E-state index is 0.0351. The summed E-state index contributed by atoms with van der Waals surface area (Å²) >= 11 is 0. The number of para-hydroxylation sites is 2. The molecule has 0 radical (unpaired) electrons. The normalized spacial score (nSPS) is 11.4. The summed E-state index contributed by atoms with van der Waals surface area (Å²) < 4.78 is 27.5. The first-order valence-corrected chi connectivity index (χ1v) is 9.76. The summed E-state index contributed by atoms with van der Waals surface area (Å²) in [7, 11) is -3.94. The Labute approximate surface area is 162 Å². The highest BCUT2D eigenvalue weighted by Gasteiger charge is 2.17. The number of benzene rings is 3. The van der Waals surface area contributed by atoms with Crippen molar-refractivity contribution < 1.29 is 23.4 Å². The lowest BCUT2D eigenvalue weighted by molar-refractivity contribution is 0.104. The van der Waals surface area contributed by atoms with Crippen molar-refractivity contribution >= 4 is 27.6 Å². The van der Waals surface area contributed by atoms with Crippen molar-refractivity contribution in [2.75, 3.05) is 4.72 Å². The molecule has 0 saturated heterocycles. The molecule has 28 heavy (non-hydrogen) atoms. The zero-order valence-electron chi connectivity index (χ0n) is 14.6. The predicted molar refractivity (Wildman–Crippen MR) is 107 cm³/mol. The van der Waals surface area contributed by atoms with Gasteiger partial charge >= 0.3 is 0 Å². The molecule has 0 aromatic heterocycles. The van der Waals surface area contributed by atoms with E-state index in [0.29, 0.717) is 5.56 Å². The fraction of sp³-hybridized carbons (Fsp3) is 0. The molecule has 0 amide bonds. The molecule has 0 atom stereocenters. The number of carbonyl (C=O) groups is 1. The summed E-state index contributed by atoms with van der Waals surface area (Å²) in [6.07, 6.45) is 2.73. The summed E-state index contributed by atoms with van der Waals surface area (Å²) in [5.41, 5.74) is 0.761. The first-order chi connectivity index (χ1) is 13.4. The molecule has 3 aromatic carbocycles. The van der Waals surface area contributed by atoms with Gasteiger partial charge in [0.1, 0.15) is 11.5 Å². The summed E-state index contributed by atoms with van der Waals surface area (Å²) in [5.74, 6) is -0.441. The summed E-state index contributed by atoms with van der Waals surface area (Å²) in [6.45, 7) is 0. The van der Waals surface area contributed by atoms with Crippen LogP contribution < -0.4 is 4.72 Å². The van der Waals surface area contributed by atoms with E-state index >= 15 is 0 Å². The molecule has 0 heterocycles. The Kier molecular flexibility index (Phi) is 5.47. The van der Waals surface area contributed by atoms with Crippen LogP contribution in [0.25, 0.3) is 6.08 Å². The number of aromatic hydroxyl groups is 2. The van der Waals surface area contributed by atoms with E-state index in [2.05, 4.69) is 4.72 Å². The molecule has 0 unspecified atom stereocenters. The summed E-state index contributed by atoms with van der Waals surface area (Å²) in [6, 6.07) is 17.8. The van der Waals surface area contributed by atoms with E-state index in [4.69, 9.17) is 0 Å². The second-order valence-corrected chi connectivity index (χ2v) is 7.58. The fourth-order valence-corrected chi connectivity index (χ4v) is 3.58. The molecular weight excluding hydrogens is 378 g/mol. The molecule has 6 nitrogen and oxygen atoms in total. The van der Waals surface area contributed by atoms with Crippen LogP contribution in [-0.4, -0.2) is 24.4 Å². The van der Waals surface area contributed by atoms with Gasteiger partial charge in [0.2, 0.25) is 0 Å². The summed E-state index contributed by atoms with van der Waals surface area (Å²) in [5, 5.41) is 19.1. The lowest BCUT2D eigenvalue weighted by Gasteiger charge is -2.11. The standard InChI is InChI=1S/C21H17NO5S/c23-16-10-12-17(13-11-16)28(26,27)22-19-7-3-2-6-18(19)21(25)14-9-15-5-1-4-8-20(15)24/h1-14,22-24H/b14-9+. The highest BCUT2D eigenvalue weighted by molar-refractivity contribution is 7.92. The Balaban J connectivity index is 1.88. The first-order valence-electron chi connectivity index (χ1n) is 8.28. The first kappa shape index (κ1) is 19.2. The molecule has 0 fully saturated rings. The van der Waals surface area contributed by atoms with Gasteiger partial charge in [0.05, 0.1) is 10.6 Å². The van der Waals surface area contributed by atoms with Crippen LogP contribution in [0.3, 0.4) is 0 Å². The largest absolute Gasteiger partial charge is 0.508 e. The molecule has 0 saturated carbocycles. The smallest absolute Gasteiger partial charge is 0.261 e. The van der Waals surface area contributed by atoms with Gasteiger partial charge in [-0.05, 0) is 54.6 Å². The monoisotopic (exact) mass is 395 g/mol. The molecule has 0 aliphatic carbocycles. The van der Waals surface area contributed by atoms with Gasteiger partial charge in [-0.25, -0.2) is 8.42 Å². The third-order valence-corrected chi connectivity index (χ3v) is 5.32. The van der Waals surface area contributed by atoms with E-state index in [1.165, 1.54) is 54.6 Å². The number of hydrogen-bond acceptors (Lipinski definition) is 5. The van der Waals surface area contributed by atoms with Gasteiger partial charge in [-0.1, -0.05) is 30.3 Å². The molecular formula is C21H17NO5S. The molecule has 3 aromatic rings. The van der Waals surface area contributed by atoms with Crippen molar-refractivity contribution in [2.24, 2.45) is 0 Å². The van der Waals surface area contributed by atoms with Crippen LogP contribution in [0, 0.1) is 0 Å². The van der Waals surface area contributed by atoms with E-state index in [1.54, 1.807) is 30.3 Å². The average molecular weight is 395 g/mol. The number of phenolic OH excluding ortho intramolecular Hbond substituents is 2. The Bertz CT molecular complexity index is 1140. The maximum atomic E-state index is 12.6. The molecule has 142 valence electrons. The van der Waals surface area contributed by atoms with E-state index in [0.717, 1.165) is 0 Å². The van der Waals surface area contributed by atoms with Gasteiger partial charge in [-0.3, -0.25) is 9.52 Å².